The number of para-hydroxylation sites is 1. The van der Waals surface area contributed by atoms with Gasteiger partial charge in [0.05, 0.1) is 17.4 Å². The van der Waals surface area contributed by atoms with Crippen LogP contribution in [-0.2, 0) is 0 Å². The van der Waals surface area contributed by atoms with E-state index in [1.165, 1.54) is 0 Å². The fourth-order valence-electron chi connectivity index (χ4n) is 3.85. The summed E-state index contributed by atoms with van der Waals surface area (Å²) in [6.07, 6.45) is 8.79. The highest BCUT2D eigenvalue weighted by Crippen LogP contribution is 2.27. The van der Waals surface area contributed by atoms with Gasteiger partial charge >= 0.3 is 0 Å². The zero-order valence-electron chi connectivity index (χ0n) is 18.2. The van der Waals surface area contributed by atoms with Crippen molar-refractivity contribution in [3.05, 3.63) is 78.6 Å². The molecule has 0 aliphatic rings. The van der Waals surface area contributed by atoms with Crippen molar-refractivity contribution in [3.8, 4) is 11.3 Å². The quantitative estimate of drug-likeness (QED) is 0.374. The molecule has 33 heavy (non-hydrogen) atoms. The number of rotatable bonds is 6. The van der Waals surface area contributed by atoms with Crippen molar-refractivity contribution < 1.29 is 0 Å². The molecule has 0 aliphatic heterocycles. The van der Waals surface area contributed by atoms with Crippen molar-refractivity contribution in [2.45, 2.75) is 12.8 Å². The van der Waals surface area contributed by atoms with Gasteiger partial charge in [0.1, 0.15) is 17.1 Å². The summed E-state index contributed by atoms with van der Waals surface area (Å²) in [4.78, 5) is 18.6. The zero-order valence-corrected chi connectivity index (χ0v) is 19.0. The summed E-state index contributed by atoms with van der Waals surface area (Å²) in [7, 11) is 1.84. The van der Waals surface area contributed by atoms with Gasteiger partial charge < -0.3 is 10.6 Å². The van der Waals surface area contributed by atoms with E-state index < -0.39 is 0 Å². The maximum atomic E-state index is 5.47. The van der Waals surface area contributed by atoms with E-state index in [9.17, 15) is 0 Å². The highest BCUT2D eigenvalue weighted by Gasteiger charge is 2.14. The molecule has 0 radical (unpaired) electrons. The minimum atomic E-state index is 0.195. The summed E-state index contributed by atoms with van der Waals surface area (Å²) in [6.45, 7) is 2.86. The van der Waals surface area contributed by atoms with Gasteiger partial charge in [0.2, 0.25) is 0 Å². The van der Waals surface area contributed by atoms with Crippen LogP contribution in [0.3, 0.4) is 0 Å². The van der Waals surface area contributed by atoms with Crippen LogP contribution in [0.15, 0.2) is 67.5 Å². The predicted octanol–water partition coefficient (Wildman–Crippen LogP) is 3.85. The van der Waals surface area contributed by atoms with Gasteiger partial charge in [-0.1, -0.05) is 37.3 Å². The number of aromatic nitrogens is 6. The molecule has 9 heteroatoms. The number of nitrogens with zero attached hydrogens (tertiary/aromatic N) is 6. The topological polar surface area (TPSA) is 92.9 Å². The lowest BCUT2D eigenvalue weighted by atomic mass is 9.96. The average Bonchev–Trinajstić information content (AvgIpc) is 3.34. The van der Waals surface area contributed by atoms with Crippen LogP contribution >= 0.6 is 12.2 Å². The first kappa shape index (κ1) is 20.9. The van der Waals surface area contributed by atoms with Crippen LogP contribution in [0.25, 0.3) is 27.8 Å². The van der Waals surface area contributed by atoms with E-state index in [-0.39, 0.29) is 5.92 Å². The van der Waals surface area contributed by atoms with Crippen molar-refractivity contribution in [2.75, 3.05) is 18.9 Å². The van der Waals surface area contributed by atoms with E-state index in [2.05, 4.69) is 60.8 Å². The fourth-order valence-corrected chi connectivity index (χ4v) is 4.03. The monoisotopic (exact) mass is 454 g/mol. The second kappa shape index (κ2) is 8.87. The summed E-state index contributed by atoms with van der Waals surface area (Å²) in [5.41, 5.74) is 5.55. The van der Waals surface area contributed by atoms with Crippen molar-refractivity contribution in [3.63, 3.8) is 0 Å². The second-order valence-electron chi connectivity index (χ2n) is 7.73. The molecule has 5 rings (SSSR count). The molecule has 4 heterocycles. The summed E-state index contributed by atoms with van der Waals surface area (Å²) in [6, 6.07) is 12.0. The Balaban J connectivity index is 1.37. The first-order valence-corrected chi connectivity index (χ1v) is 11.0. The third-order valence-electron chi connectivity index (χ3n) is 5.60. The molecule has 1 unspecified atom stereocenters. The Labute approximate surface area is 196 Å². The van der Waals surface area contributed by atoms with Crippen LogP contribution in [0.1, 0.15) is 24.0 Å². The summed E-state index contributed by atoms with van der Waals surface area (Å²) in [5, 5.41) is 11.8. The molecule has 1 aromatic carbocycles. The van der Waals surface area contributed by atoms with Crippen molar-refractivity contribution in [1.82, 2.24) is 34.9 Å². The molecule has 1 atom stereocenters. The van der Waals surface area contributed by atoms with Gasteiger partial charge in [-0.25, -0.2) is 19.5 Å². The van der Waals surface area contributed by atoms with E-state index in [1.54, 1.807) is 23.2 Å². The molecule has 0 amide bonds. The molecule has 0 spiro atoms. The third-order valence-corrected chi connectivity index (χ3v) is 6.03. The van der Waals surface area contributed by atoms with Gasteiger partial charge in [0.25, 0.3) is 0 Å². The highest BCUT2D eigenvalue weighted by atomic mass is 32.1. The summed E-state index contributed by atoms with van der Waals surface area (Å²) < 4.78 is 1.73. The number of nitrogens with one attached hydrogen (secondary N) is 2. The minimum absolute atomic E-state index is 0.195. The fraction of sp³-hybridized carbons (Fsp3) is 0.167. The summed E-state index contributed by atoms with van der Waals surface area (Å²) in [5.74, 6) is 0.942. The number of fused-ring (bicyclic) bond motifs is 2. The van der Waals surface area contributed by atoms with Crippen LogP contribution in [-0.4, -0.2) is 48.1 Å². The molecule has 0 bridgehead atoms. The molecular formula is C24H22N8S. The van der Waals surface area contributed by atoms with Gasteiger partial charge in [-0.3, -0.25) is 4.98 Å². The van der Waals surface area contributed by atoms with Gasteiger partial charge in [-0.15, -0.1) is 0 Å². The lowest BCUT2D eigenvalue weighted by molar-refractivity contribution is 0.805. The SMILES string of the molecule is CNC(=S)c1ccnc2c(C(C)CNc3cc(-c4cnc5ccnn5c4)ncn3)cccc12. The maximum Gasteiger partial charge on any atom is 0.154 e. The normalized spacial score (nSPS) is 12.1. The van der Waals surface area contributed by atoms with E-state index in [0.717, 1.165) is 44.8 Å². The van der Waals surface area contributed by atoms with Crippen LogP contribution < -0.4 is 10.6 Å². The second-order valence-corrected chi connectivity index (χ2v) is 8.14. The maximum absolute atomic E-state index is 5.47. The van der Waals surface area contributed by atoms with Crippen molar-refractivity contribution >= 4 is 39.6 Å². The molecule has 0 fully saturated rings. The standard InChI is InChI=1S/C24H22N8S/c1-15(17-4-3-5-18-19(24(33)25-2)6-8-26-23(17)18)11-27-21-10-20(29-14-30-21)16-12-28-22-7-9-31-32(22)13-16/h3-10,12-15H,11H2,1-2H3,(H,25,33)(H,27,29,30). The Morgan fingerprint density at radius 3 is 2.88 bits per heavy atom. The zero-order chi connectivity index (χ0) is 22.8. The number of hydrogen-bond donors (Lipinski definition) is 2. The molecule has 2 N–H and O–H groups in total. The molecule has 164 valence electrons. The van der Waals surface area contributed by atoms with Crippen LogP contribution in [0.4, 0.5) is 5.82 Å². The molecule has 0 saturated carbocycles. The van der Waals surface area contributed by atoms with E-state index >= 15 is 0 Å². The number of benzene rings is 1. The van der Waals surface area contributed by atoms with Crippen LogP contribution in [0.2, 0.25) is 0 Å². The largest absolute Gasteiger partial charge is 0.379 e. The summed E-state index contributed by atoms with van der Waals surface area (Å²) >= 11 is 5.47. The number of thiocarbonyl (C=S) groups is 1. The van der Waals surface area contributed by atoms with Gasteiger partial charge in [-0.2, -0.15) is 5.10 Å². The smallest absolute Gasteiger partial charge is 0.154 e. The number of pyridine rings is 1. The molecule has 4 aromatic heterocycles. The Hall–Kier alpha value is -3.98. The lowest BCUT2D eigenvalue weighted by Gasteiger charge is -2.17. The predicted molar refractivity (Wildman–Crippen MR) is 133 cm³/mol. The lowest BCUT2D eigenvalue weighted by Crippen LogP contribution is -2.17. The van der Waals surface area contributed by atoms with E-state index in [1.807, 2.05) is 37.6 Å². The Morgan fingerprint density at radius 2 is 2.00 bits per heavy atom. The number of hydrogen-bond acceptors (Lipinski definition) is 7. The first-order valence-electron chi connectivity index (χ1n) is 10.6. The van der Waals surface area contributed by atoms with Gasteiger partial charge in [-0.05, 0) is 11.6 Å². The minimum Gasteiger partial charge on any atom is -0.379 e. The van der Waals surface area contributed by atoms with Crippen LogP contribution in [0, 0.1) is 0 Å². The molecule has 0 aliphatic carbocycles. The average molecular weight is 455 g/mol. The highest BCUT2D eigenvalue weighted by molar-refractivity contribution is 7.80. The van der Waals surface area contributed by atoms with Crippen molar-refractivity contribution in [1.29, 1.82) is 0 Å². The Bertz CT molecular complexity index is 1460. The van der Waals surface area contributed by atoms with Crippen molar-refractivity contribution in [2.24, 2.45) is 0 Å². The number of anilines is 1. The Morgan fingerprint density at radius 1 is 1.09 bits per heavy atom. The molecule has 5 aromatic rings. The Kier molecular flexibility index (Phi) is 5.62. The molecule has 0 saturated heterocycles. The molecular weight excluding hydrogens is 432 g/mol. The first-order chi connectivity index (χ1) is 16.1. The molecule has 8 nitrogen and oxygen atoms in total. The van der Waals surface area contributed by atoms with E-state index in [4.69, 9.17) is 12.2 Å². The third kappa shape index (κ3) is 4.10. The van der Waals surface area contributed by atoms with Crippen LogP contribution in [0.5, 0.6) is 0 Å². The van der Waals surface area contributed by atoms with Gasteiger partial charge in [0, 0.05) is 66.7 Å². The van der Waals surface area contributed by atoms with E-state index in [0.29, 0.717) is 11.5 Å². The van der Waals surface area contributed by atoms with Gasteiger partial charge in [0.15, 0.2) is 5.65 Å².